The summed E-state index contributed by atoms with van der Waals surface area (Å²) in [5.41, 5.74) is 2.70. The van der Waals surface area contributed by atoms with Gasteiger partial charge in [-0.3, -0.25) is 4.79 Å². The number of amides is 1. The van der Waals surface area contributed by atoms with Gasteiger partial charge in [-0.1, -0.05) is 109 Å². The van der Waals surface area contributed by atoms with Crippen molar-refractivity contribution in [3.05, 3.63) is 144 Å². The van der Waals surface area contributed by atoms with Crippen LogP contribution in [0.4, 0.5) is 4.39 Å². The van der Waals surface area contributed by atoms with Crippen LogP contribution in [0.25, 0.3) is 0 Å². The fraction of sp³-hybridized carbons (Fsp3) is 0.219. The molecule has 0 spiro atoms. The van der Waals surface area contributed by atoms with Crippen molar-refractivity contribution < 1.29 is 13.9 Å². The minimum atomic E-state index is -1.16. The van der Waals surface area contributed by atoms with E-state index in [0.29, 0.717) is 18.5 Å². The number of carbonyl (C=O) groups is 1. The molecule has 2 atom stereocenters. The van der Waals surface area contributed by atoms with Crippen molar-refractivity contribution in [3.8, 4) is 0 Å². The van der Waals surface area contributed by atoms with Gasteiger partial charge in [-0.15, -0.1) is 0 Å². The summed E-state index contributed by atoms with van der Waals surface area (Å²) in [6, 6.07) is 39.5. The zero-order valence-electron chi connectivity index (χ0n) is 20.2. The summed E-state index contributed by atoms with van der Waals surface area (Å²) in [6.07, 6.45) is -0.611. The van der Waals surface area contributed by atoms with Crippen molar-refractivity contribution in [3.63, 3.8) is 0 Å². The van der Waals surface area contributed by atoms with E-state index in [9.17, 15) is 4.79 Å². The summed E-state index contributed by atoms with van der Waals surface area (Å²) in [4.78, 5) is 14.5. The molecule has 0 radical (unpaired) electrons. The Labute approximate surface area is 212 Å². The van der Waals surface area contributed by atoms with Gasteiger partial charge in [0.05, 0.1) is 13.2 Å². The van der Waals surface area contributed by atoms with E-state index in [4.69, 9.17) is 4.74 Å². The second-order valence-electron chi connectivity index (χ2n) is 9.27. The zero-order chi connectivity index (χ0) is 24.8. The van der Waals surface area contributed by atoms with E-state index in [-0.39, 0.29) is 25.0 Å². The fourth-order valence-electron chi connectivity index (χ4n) is 5.09. The molecule has 4 aromatic rings. The average molecular weight is 479 g/mol. The number of likely N-dealkylation sites (tertiary alicyclic amines) is 1. The third-order valence-corrected chi connectivity index (χ3v) is 7.04. The van der Waals surface area contributed by atoms with E-state index in [1.54, 1.807) is 17.0 Å². The second-order valence-corrected chi connectivity index (χ2v) is 9.27. The number of alkyl halides is 1. The lowest BCUT2D eigenvalue weighted by Crippen LogP contribution is -2.47. The topological polar surface area (TPSA) is 29.5 Å². The number of nitrogens with zero attached hydrogens (tertiary/aromatic N) is 1. The highest BCUT2D eigenvalue weighted by molar-refractivity contribution is 5.94. The molecule has 3 nitrogen and oxygen atoms in total. The molecule has 4 heteroatoms. The van der Waals surface area contributed by atoms with Gasteiger partial charge >= 0.3 is 0 Å². The van der Waals surface area contributed by atoms with Crippen LogP contribution in [0.3, 0.4) is 0 Å². The Kier molecular flexibility index (Phi) is 7.24. The van der Waals surface area contributed by atoms with Crippen LogP contribution in [-0.4, -0.2) is 36.7 Å². The largest absolute Gasteiger partial charge is 0.360 e. The molecule has 1 aliphatic rings. The monoisotopic (exact) mass is 478 g/mol. The van der Waals surface area contributed by atoms with Crippen LogP contribution in [0.1, 0.15) is 33.5 Å². The third kappa shape index (κ3) is 4.82. The first-order chi connectivity index (χ1) is 17.7. The molecule has 1 aliphatic heterocycles. The predicted molar refractivity (Wildman–Crippen MR) is 141 cm³/mol. The van der Waals surface area contributed by atoms with Crippen molar-refractivity contribution in [2.45, 2.75) is 18.2 Å². The highest BCUT2D eigenvalue weighted by Gasteiger charge is 2.40. The summed E-state index contributed by atoms with van der Waals surface area (Å²) in [5, 5.41) is 0. The molecule has 1 fully saturated rings. The summed E-state index contributed by atoms with van der Waals surface area (Å²) in [7, 11) is 0. The maximum absolute atomic E-state index is 15.5. The fourth-order valence-corrected chi connectivity index (χ4v) is 5.09. The Morgan fingerprint density at radius 1 is 0.750 bits per heavy atom. The lowest BCUT2D eigenvalue weighted by Gasteiger charge is -2.39. The lowest BCUT2D eigenvalue weighted by molar-refractivity contribution is -0.0399. The highest BCUT2D eigenvalue weighted by atomic mass is 18.2. The van der Waals surface area contributed by atoms with Crippen LogP contribution in [0.5, 0.6) is 0 Å². The van der Waals surface area contributed by atoms with Crippen molar-refractivity contribution in [2.24, 2.45) is 5.92 Å². The molecule has 0 unspecified atom stereocenters. The Hall–Kier alpha value is -3.76. The molecule has 0 aromatic heterocycles. The number of benzene rings is 4. The van der Waals surface area contributed by atoms with Crippen molar-refractivity contribution in [1.82, 2.24) is 4.90 Å². The van der Waals surface area contributed by atoms with E-state index in [1.165, 1.54) is 0 Å². The molecule has 36 heavy (non-hydrogen) atoms. The number of carbonyl (C=O) groups excluding carboxylic acids is 1. The van der Waals surface area contributed by atoms with Gasteiger partial charge in [0.25, 0.3) is 5.91 Å². The molecule has 0 saturated carbocycles. The molecular formula is C32H30FNO2. The number of hydrogen-bond donors (Lipinski definition) is 0. The number of piperidine rings is 1. The average Bonchev–Trinajstić information content (AvgIpc) is 2.96. The van der Waals surface area contributed by atoms with Gasteiger partial charge in [0.2, 0.25) is 0 Å². The quantitative estimate of drug-likeness (QED) is 0.284. The molecule has 1 amide bonds. The van der Waals surface area contributed by atoms with E-state index >= 15 is 4.39 Å². The van der Waals surface area contributed by atoms with Gasteiger partial charge in [-0.2, -0.15) is 0 Å². The van der Waals surface area contributed by atoms with Crippen LogP contribution < -0.4 is 0 Å². The van der Waals surface area contributed by atoms with Crippen LogP contribution in [0.2, 0.25) is 0 Å². The molecule has 1 saturated heterocycles. The summed E-state index contributed by atoms with van der Waals surface area (Å²) < 4.78 is 22.3. The van der Waals surface area contributed by atoms with E-state index in [2.05, 4.69) is 36.4 Å². The minimum absolute atomic E-state index is 0.0801. The second kappa shape index (κ2) is 10.9. The molecule has 4 aromatic carbocycles. The molecule has 182 valence electrons. The predicted octanol–water partition coefficient (Wildman–Crippen LogP) is 6.50. The van der Waals surface area contributed by atoms with Gasteiger partial charge in [-0.05, 0) is 35.2 Å². The number of rotatable bonds is 7. The van der Waals surface area contributed by atoms with Gasteiger partial charge in [0, 0.05) is 18.0 Å². The normalized spacial score (nSPS) is 18.1. The van der Waals surface area contributed by atoms with Crippen LogP contribution in [0.15, 0.2) is 121 Å². The summed E-state index contributed by atoms with van der Waals surface area (Å²) >= 11 is 0. The summed E-state index contributed by atoms with van der Waals surface area (Å²) in [6.45, 7) is 0.834. The molecule has 0 aliphatic carbocycles. The molecule has 0 N–H and O–H groups in total. The van der Waals surface area contributed by atoms with Crippen molar-refractivity contribution >= 4 is 5.91 Å². The first kappa shape index (κ1) is 24.0. The number of hydrogen-bond acceptors (Lipinski definition) is 2. The van der Waals surface area contributed by atoms with Gasteiger partial charge in [0.1, 0.15) is 11.8 Å². The highest BCUT2D eigenvalue weighted by Crippen LogP contribution is 2.41. The van der Waals surface area contributed by atoms with Crippen LogP contribution in [0, 0.1) is 5.92 Å². The minimum Gasteiger partial charge on any atom is -0.360 e. The van der Waals surface area contributed by atoms with Crippen molar-refractivity contribution in [1.29, 1.82) is 0 Å². The SMILES string of the molecule is O=C(c1ccccc1)N1CC[C@H](COC(c2ccccc2)(c2ccccc2)c2ccccc2)[C@@H]([18F])C1. The van der Waals surface area contributed by atoms with E-state index in [0.717, 1.165) is 16.7 Å². The van der Waals surface area contributed by atoms with E-state index < -0.39 is 11.8 Å². The number of halogens is 1. The Morgan fingerprint density at radius 2 is 1.19 bits per heavy atom. The molecule has 5 rings (SSSR count). The molecule has 0 bridgehead atoms. The summed E-state index contributed by atoms with van der Waals surface area (Å²) in [5.74, 6) is -0.426. The lowest BCUT2D eigenvalue weighted by atomic mass is 9.80. The zero-order valence-corrected chi connectivity index (χ0v) is 20.2. The Morgan fingerprint density at radius 3 is 1.64 bits per heavy atom. The molecule has 1 heterocycles. The van der Waals surface area contributed by atoms with Crippen molar-refractivity contribution in [2.75, 3.05) is 19.7 Å². The Bertz CT molecular complexity index is 1150. The third-order valence-electron chi connectivity index (χ3n) is 7.04. The molecular weight excluding hydrogens is 448 g/mol. The smallest absolute Gasteiger partial charge is 0.253 e. The van der Waals surface area contributed by atoms with Gasteiger partial charge in [0.15, 0.2) is 0 Å². The van der Waals surface area contributed by atoms with Crippen LogP contribution >= 0.6 is 0 Å². The number of ether oxygens (including phenoxy) is 1. The van der Waals surface area contributed by atoms with Gasteiger partial charge in [-0.25, -0.2) is 4.39 Å². The first-order valence-electron chi connectivity index (χ1n) is 12.5. The maximum atomic E-state index is 15.5. The Balaban J connectivity index is 1.41. The van der Waals surface area contributed by atoms with Gasteiger partial charge < -0.3 is 9.64 Å². The van der Waals surface area contributed by atoms with Crippen LogP contribution in [-0.2, 0) is 10.3 Å². The first-order valence-corrected chi connectivity index (χ1v) is 12.5. The maximum Gasteiger partial charge on any atom is 0.253 e. The van der Waals surface area contributed by atoms with E-state index in [1.807, 2.05) is 72.8 Å². The standard InChI is InChI=1S/C32H30FNO2/c33-30-23-34(31(35)25-13-5-1-6-14-25)22-21-26(30)24-36-32(27-15-7-2-8-16-27,28-17-9-3-10-18-28)29-19-11-4-12-20-29/h1-20,26,30H,21-24H2/t26-,30+/m1/s1/i33-1.